The van der Waals surface area contributed by atoms with Gasteiger partial charge in [0.25, 0.3) is 0 Å². The molecule has 0 bridgehead atoms. The fraction of sp³-hybridized carbons (Fsp3) is 0.333. The Morgan fingerprint density at radius 2 is 2.24 bits per heavy atom. The van der Waals surface area contributed by atoms with E-state index >= 15 is 0 Å². The number of fused-ring (bicyclic) bond motifs is 1. The third-order valence-corrected chi connectivity index (χ3v) is 2.91. The van der Waals surface area contributed by atoms with Crippen molar-refractivity contribution < 1.29 is 0 Å². The predicted molar refractivity (Wildman–Crippen MR) is 72.8 cm³/mol. The van der Waals surface area contributed by atoms with E-state index in [1.165, 1.54) is 16.5 Å². The molecule has 0 fully saturated rings. The van der Waals surface area contributed by atoms with E-state index in [4.69, 9.17) is 6.42 Å². The van der Waals surface area contributed by atoms with Gasteiger partial charge in [-0.05, 0) is 30.7 Å². The summed E-state index contributed by atoms with van der Waals surface area (Å²) in [6.45, 7) is 4.79. The number of nitrogens with zero attached hydrogens (tertiary/aromatic N) is 1. The van der Waals surface area contributed by atoms with Crippen LogP contribution in [0.1, 0.15) is 18.9 Å². The second-order valence-corrected chi connectivity index (χ2v) is 4.17. The molecule has 1 N–H and O–H groups in total. The lowest BCUT2D eigenvalue weighted by molar-refractivity contribution is 0.678. The summed E-state index contributed by atoms with van der Waals surface area (Å²) in [4.78, 5) is 0. The fourth-order valence-corrected chi connectivity index (χ4v) is 2.08. The molecule has 0 aliphatic heterocycles. The number of terminal acetylenes is 1. The summed E-state index contributed by atoms with van der Waals surface area (Å²) in [6.07, 6.45) is 8.59. The highest BCUT2D eigenvalue weighted by Crippen LogP contribution is 2.20. The quantitative estimate of drug-likeness (QED) is 0.613. The van der Waals surface area contributed by atoms with Gasteiger partial charge in [0, 0.05) is 23.6 Å². The maximum atomic E-state index is 5.36. The second kappa shape index (κ2) is 5.56. The Hall–Kier alpha value is -1.72. The van der Waals surface area contributed by atoms with Gasteiger partial charge < -0.3 is 9.88 Å². The van der Waals surface area contributed by atoms with Crippen molar-refractivity contribution in [3.8, 4) is 12.3 Å². The van der Waals surface area contributed by atoms with Crippen molar-refractivity contribution in [1.29, 1.82) is 0 Å². The smallest absolute Gasteiger partial charge is 0.0834 e. The van der Waals surface area contributed by atoms with E-state index in [1.807, 2.05) is 0 Å². The summed E-state index contributed by atoms with van der Waals surface area (Å²) >= 11 is 0. The standard InChI is InChI=1S/C15H18N2/c1-3-9-16-12-13-6-5-7-15-14(13)8-11-17(15)10-4-2/h2,5-8,11,16H,3,9-10,12H2,1H3. The van der Waals surface area contributed by atoms with E-state index in [1.54, 1.807) is 0 Å². The van der Waals surface area contributed by atoms with Crippen LogP contribution in [-0.2, 0) is 13.1 Å². The molecule has 1 aromatic heterocycles. The van der Waals surface area contributed by atoms with Crippen LogP contribution < -0.4 is 5.32 Å². The highest BCUT2D eigenvalue weighted by molar-refractivity contribution is 5.83. The van der Waals surface area contributed by atoms with Gasteiger partial charge in [-0.25, -0.2) is 0 Å². The summed E-state index contributed by atoms with van der Waals surface area (Å²) < 4.78 is 2.11. The highest BCUT2D eigenvalue weighted by atomic mass is 14.9. The number of hydrogen-bond acceptors (Lipinski definition) is 1. The van der Waals surface area contributed by atoms with Gasteiger partial charge in [0.05, 0.1) is 6.54 Å². The van der Waals surface area contributed by atoms with E-state index in [9.17, 15) is 0 Å². The van der Waals surface area contributed by atoms with Gasteiger partial charge in [-0.3, -0.25) is 0 Å². The molecular weight excluding hydrogens is 208 g/mol. The molecular formula is C15H18N2. The van der Waals surface area contributed by atoms with Gasteiger partial charge in [0.2, 0.25) is 0 Å². The van der Waals surface area contributed by atoms with Crippen LogP contribution >= 0.6 is 0 Å². The summed E-state index contributed by atoms with van der Waals surface area (Å²) in [5.74, 6) is 2.68. The van der Waals surface area contributed by atoms with Crippen molar-refractivity contribution in [2.24, 2.45) is 0 Å². The number of nitrogens with one attached hydrogen (secondary N) is 1. The fourth-order valence-electron chi connectivity index (χ4n) is 2.08. The molecule has 0 spiro atoms. The Kier molecular flexibility index (Phi) is 3.85. The molecule has 1 aromatic carbocycles. The van der Waals surface area contributed by atoms with Crippen molar-refractivity contribution in [1.82, 2.24) is 9.88 Å². The monoisotopic (exact) mass is 226 g/mol. The summed E-state index contributed by atoms with van der Waals surface area (Å²) in [5.41, 5.74) is 2.56. The molecule has 1 heterocycles. The zero-order chi connectivity index (χ0) is 12.1. The molecule has 0 unspecified atom stereocenters. The van der Waals surface area contributed by atoms with E-state index in [0.717, 1.165) is 19.5 Å². The van der Waals surface area contributed by atoms with Gasteiger partial charge in [0.15, 0.2) is 0 Å². The van der Waals surface area contributed by atoms with Crippen LogP contribution in [0.4, 0.5) is 0 Å². The topological polar surface area (TPSA) is 17.0 Å². The molecule has 0 aliphatic carbocycles. The van der Waals surface area contributed by atoms with Crippen LogP contribution in [0.5, 0.6) is 0 Å². The molecule has 0 amide bonds. The first-order valence-corrected chi connectivity index (χ1v) is 6.07. The summed E-state index contributed by atoms with van der Waals surface area (Å²) in [7, 11) is 0. The average molecular weight is 226 g/mol. The summed E-state index contributed by atoms with van der Waals surface area (Å²) in [5, 5.41) is 4.73. The molecule has 2 heteroatoms. The Bertz CT molecular complexity index is 531. The maximum Gasteiger partial charge on any atom is 0.0834 e. The van der Waals surface area contributed by atoms with Crippen molar-refractivity contribution >= 4 is 10.9 Å². The van der Waals surface area contributed by atoms with Gasteiger partial charge in [-0.2, -0.15) is 0 Å². The minimum Gasteiger partial charge on any atom is -0.336 e. The van der Waals surface area contributed by atoms with Gasteiger partial charge in [-0.1, -0.05) is 25.0 Å². The van der Waals surface area contributed by atoms with Gasteiger partial charge in [0.1, 0.15) is 0 Å². The third kappa shape index (κ3) is 2.51. The number of rotatable bonds is 5. The zero-order valence-corrected chi connectivity index (χ0v) is 10.2. The molecule has 2 aromatic rings. The van der Waals surface area contributed by atoms with Crippen LogP contribution in [0, 0.1) is 12.3 Å². The Morgan fingerprint density at radius 3 is 3.00 bits per heavy atom. The molecule has 0 aliphatic rings. The lowest BCUT2D eigenvalue weighted by atomic mass is 10.1. The minimum absolute atomic E-state index is 0.634. The molecule has 0 radical (unpaired) electrons. The Morgan fingerprint density at radius 1 is 1.35 bits per heavy atom. The highest BCUT2D eigenvalue weighted by Gasteiger charge is 2.04. The predicted octanol–water partition coefficient (Wildman–Crippen LogP) is 2.77. The first-order valence-electron chi connectivity index (χ1n) is 6.07. The van der Waals surface area contributed by atoms with E-state index in [0.29, 0.717) is 6.54 Å². The largest absolute Gasteiger partial charge is 0.336 e. The zero-order valence-electron chi connectivity index (χ0n) is 10.2. The Balaban J connectivity index is 2.28. The molecule has 0 atom stereocenters. The number of benzene rings is 1. The molecule has 0 saturated heterocycles. The molecule has 17 heavy (non-hydrogen) atoms. The van der Waals surface area contributed by atoms with Gasteiger partial charge >= 0.3 is 0 Å². The molecule has 0 saturated carbocycles. The molecule has 2 nitrogen and oxygen atoms in total. The minimum atomic E-state index is 0.634. The van der Waals surface area contributed by atoms with Crippen molar-refractivity contribution in [2.75, 3.05) is 6.54 Å². The van der Waals surface area contributed by atoms with Crippen molar-refractivity contribution in [3.05, 3.63) is 36.0 Å². The van der Waals surface area contributed by atoms with Crippen LogP contribution in [0.15, 0.2) is 30.5 Å². The number of hydrogen-bond donors (Lipinski definition) is 1. The average Bonchev–Trinajstić information content (AvgIpc) is 2.75. The van der Waals surface area contributed by atoms with E-state index in [2.05, 4.69) is 53.2 Å². The third-order valence-electron chi connectivity index (χ3n) is 2.91. The van der Waals surface area contributed by atoms with Crippen LogP contribution in [0.2, 0.25) is 0 Å². The lowest BCUT2D eigenvalue weighted by Crippen LogP contribution is -2.13. The van der Waals surface area contributed by atoms with Gasteiger partial charge in [-0.15, -0.1) is 6.42 Å². The number of aromatic nitrogens is 1. The van der Waals surface area contributed by atoms with Crippen molar-refractivity contribution in [2.45, 2.75) is 26.4 Å². The molecule has 88 valence electrons. The SMILES string of the molecule is C#CCn1ccc2c(CNCCC)cccc21. The Labute approximate surface area is 103 Å². The lowest BCUT2D eigenvalue weighted by Gasteiger charge is -2.06. The summed E-state index contributed by atoms with van der Waals surface area (Å²) in [6, 6.07) is 8.54. The van der Waals surface area contributed by atoms with Crippen LogP contribution in [-0.4, -0.2) is 11.1 Å². The van der Waals surface area contributed by atoms with E-state index < -0.39 is 0 Å². The maximum absolute atomic E-state index is 5.36. The molecule has 2 rings (SSSR count). The first kappa shape index (κ1) is 11.8. The second-order valence-electron chi connectivity index (χ2n) is 4.17. The van der Waals surface area contributed by atoms with Crippen molar-refractivity contribution in [3.63, 3.8) is 0 Å². The normalized spacial score (nSPS) is 10.6. The van der Waals surface area contributed by atoms with Crippen LogP contribution in [0.25, 0.3) is 10.9 Å². The van der Waals surface area contributed by atoms with Crippen LogP contribution in [0.3, 0.4) is 0 Å². The van der Waals surface area contributed by atoms with E-state index in [-0.39, 0.29) is 0 Å². The first-order chi connectivity index (χ1) is 8.36.